The van der Waals surface area contributed by atoms with Crippen molar-refractivity contribution in [3.8, 4) is 5.75 Å². The van der Waals surface area contributed by atoms with Crippen LogP contribution < -0.4 is 4.74 Å². The Hall–Kier alpha value is -1.22. The lowest BCUT2D eigenvalue weighted by Crippen LogP contribution is -2.18. The first kappa shape index (κ1) is 8.87. The predicted octanol–water partition coefficient (Wildman–Crippen LogP) is 1.59. The second-order valence-corrected chi connectivity index (χ2v) is 2.46. The van der Waals surface area contributed by atoms with Gasteiger partial charge in [-0.2, -0.15) is 0 Å². The Kier molecular flexibility index (Phi) is 2.94. The number of hydrogen-bond donors (Lipinski definition) is 0. The molecule has 1 unspecified atom stereocenters. The van der Waals surface area contributed by atoms with Crippen LogP contribution in [0.2, 0.25) is 0 Å². The Morgan fingerprint density at radius 2 is 1.92 bits per heavy atom. The lowest BCUT2D eigenvalue weighted by Gasteiger charge is -2.05. The van der Waals surface area contributed by atoms with Crippen molar-refractivity contribution in [1.82, 2.24) is 0 Å². The van der Waals surface area contributed by atoms with Gasteiger partial charge in [0.05, 0.1) is 0 Å². The van der Waals surface area contributed by atoms with Gasteiger partial charge in [0.15, 0.2) is 0 Å². The van der Waals surface area contributed by atoms with E-state index in [1.165, 1.54) is 0 Å². The summed E-state index contributed by atoms with van der Waals surface area (Å²) in [5, 5.41) is 10.1. The van der Waals surface area contributed by atoms with Crippen molar-refractivity contribution in [2.75, 3.05) is 0 Å². The van der Waals surface area contributed by atoms with Gasteiger partial charge in [0.1, 0.15) is 5.75 Å². The van der Waals surface area contributed by atoms with Gasteiger partial charge in [-0.1, -0.05) is 29.8 Å². The first-order valence-corrected chi connectivity index (χ1v) is 3.70. The molecule has 0 aliphatic carbocycles. The smallest absolute Gasteiger partial charge is 0.411 e. The lowest BCUT2D eigenvalue weighted by molar-refractivity contribution is -0.147. The fourth-order valence-corrected chi connectivity index (χ4v) is 0.770. The third-order valence-electron chi connectivity index (χ3n) is 1.17. The van der Waals surface area contributed by atoms with Crippen LogP contribution in [0.4, 0.5) is 0 Å². The molecule has 3 nitrogen and oxygen atoms in total. The van der Waals surface area contributed by atoms with E-state index in [0.29, 0.717) is 5.75 Å². The number of rotatable bonds is 3. The number of ether oxygens (including phenoxy) is 1. The van der Waals surface area contributed by atoms with Gasteiger partial charge in [-0.3, -0.25) is 0 Å². The Morgan fingerprint density at radius 3 is 2.42 bits per heavy atom. The molecule has 0 saturated heterocycles. The molecule has 1 rings (SSSR count). The third kappa shape index (κ3) is 2.43. The molecule has 0 saturated carbocycles. The predicted molar refractivity (Wildman–Crippen MR) is 42.4 cm³/mol. The van der Waals surface area contributed by atoms with E-state index in [4.69, 9.17) is 16.3 Å². The fourth-order valence-electron chi connectivity index (χ4n) is 0.667. The molecule has 0 fully saturated rings. The minimum absolute atomic E-state index is 0.404. The van der Waals surface area contributed by atoms with Gasteiger partial charge < -0.3 is 4.74 Å². The van der Waals surface area contributed by atoms with Crippen LogP contribution >= 0.6 is 11.6 Å². The highest BCUT2D eigenvalue weighted by molar-refractivity contribution is 6.28. The number of para-hydroxylation sites is 1. The van der Waals surface area contributed by atoms with Gasteiger partial charge in [-0.25, -0.2) is 9.90 Å². The van der Waals surface area contributed by atoms with Crippen molar-refractivity contribution in [3.05, 3.63) is 30.3 Å². The number of alkyl halides is 1. The summed E-state index contributed by atoms with van der Waals surface area (Å²) in [6, 6.07) is 8.44. The SMILES string of the molecule is [O]C(=O)C(Cl)Oc1ccccc1. The average molecular weight is 186 g/mol. The second-order valence-electron chi connectivity index (χ2n) is 2.07. The molecule has 0 bridgehead atoms. The monoisotopic (exact) mass is 185 g/mol. The highest BCUT2D eigenvalue weighted by Crippen LogP contribution is 2.12. The van der Waals surface area contributed by atoms with E-state index in [0.717, 1.165) is 0 Å². The Bertz CT molecular complexity index is 260. The van der Waals surface area contributed by atoms with Gasteiger partial charge in [0.2, 0.25) is 0 Å². The molecule has 1 radical (unpaired) electrons. The third-order valence-corrected chi connectivity index (χ3v) is 1.44. The van der Waals surface area contributed by atoms with E-state index in [1.54, 1.807) is 30.3 Å². The molecule has 12 heavy (non-hydrogen) atoms. The maximum absolute atomic E-state index is 10.1. The molecule has 0 aliphatic rings. The number of halogens is 1. The zero-order chi connectivity index (χ0) is 8.97. The van der Waals surface area contributed by atoms with Crippen LogP contribution in [-0.2, 0) is 9.90 Å². The standard InChI is InChI=1S/C8H6ClO3/c9-7(8(10)11)12-6-4-2-1-3-5-6/h1-5,7H. The van der Waals surface area contributed by atoms with Crippen molar-refractivity contribution in [1.29, 1.82) is 0 Å². The van der Waals surface area contributed by atoms with Gasteiger partial charge in [-0.15, -0.1) is 0 Å². The normalized spacial score (nSPS) is 12.1. The van der Waals surface area contributed by atoms with Crippen molar-refractivity contribution in [3.63, 3.8) is 0 Å². The summed E-state index contributed by atoms with van der Waals surface area (Å²) < 4.78 is 4.78. The average Bonchev–Trinajstić information content (AvgIpc) is 2.06. The summed E-state index contributed by atoms with van der Waals surface area (Å²) >= 11 is 5.27. The van der Waals surface area contributed by atoms with Crippen LogP contribution in [0.1, 0.15) is 0 Å². The molecule has 1 aromatic carbocycles. The van der Waals surface area contributed by atoms with Crippen LogP contribution in [0.5, 0.6) is 5.75 Å². The van der Waals surface area contributed by atoms with Gasteiger partial charge >= 0.3 is 5.97 Å². The topological polar surface area (TPSA) is 46.2 Å². The molecule has 0 amide bonds. The summed E-state index contributed by atoms with van der Waals surface area (Å²) in [5.41, 5.74) is -1.44. The Balaban J connectivity index is 2.58. The van der Waals surface area contributed by atoms with Crippen LogP contribution in [0.15, 0.2) is 30.3 Å². The highest BCUT2D eigenvalue weighted by Gasteiger charge is 2.16. The molecular formula is C8H6ClO3. The van der Waals surface area contributed by atoms with Crippen LogP contribution in [0.3, 0.4) is 0 Å². The summed E-state index contributed by atoms with van der Waals surface area (Å²) in [6.45, 7) is 0. The zero-order valence-electron chi connectivity index (χ0n) is 6.07. The zero-order valence-corrected chi connectivity index (χ0v) is 6.82. The van der Waals surface area contributed by atoms with E-state index in [9.17, 15) is 9.90 Å². The molecule has 0 heterocycles. The Morgan fingerprint density at radius 1 is 1.33 bits per heavy atom. The Labute approximate surface area is 74.5 Å². The molecule has 0 N–H and O–H groups in total. The molecule has 1 atom stereocenters. The molecule has 4 heteroatoms. The van der Waals surface area contributed by atoms with Gasteiger partial charge in [0.25, 0.3) is 5.56 Å². The van der Waals surface area contributed by atoms with E-state index >= 15 is 0 Å². The first-order chi connectivity index (χ1) is 5.70. The minimum atomic E-state index is -1.44. The molecular weight excluding hydrogens is 180 g/mol. The highest BCUT2D eigenvalue weighted by atomic mass is 35.5. The maximum atomic E-state index is 10.1. The van der Waals surface area contributed by atoms with E-state index in [1.807, 2.05) is 0 Å². The fraction of sp³-hybridized carbons (Fsp3) is 0.125. The largest absolute Gasteiger partial charge is 0.463 e. The molecule has 0 aliphatic heterocycles. The van der Waals surface area contributed by atoms with Crippen molar-refractivity contribution < 1.29 is 14.6 Å². The molecule has 0 spiro atoms. The first-order valence-electron chi connectivity index (χ1n) is 3.27. The molecule has 0 aromatic heterocycles. The van der Waals surface area contributed by atoms with Crippen molar-refractivity contribution in [2.45, 2.75) is 5.56 Å². The number of benzene rings is 1. The number of carbonyl (C=O) groups excluding carboxylic acids is 1. The van der Waals surface area contributed by atoms with Crippen molar-refractivity contribution >= 4 is 17.6 Å². The van der Waals surface area contributed by atoms with E-state index in [-0.39, 0.29) is 0 Å². The summed E-state index contributed by atoms with van der Waals surface area (Å²) in [5.74, 6) is -1.04. The number of carbonyl (C=O) groups is 1. The van der Waals surface area contributed by atoms with Crippen LogP contribution in [0, 0.1) is 0 Å². The maximum Gasteiger partial charge on any atom is 0.411 e. The van der Waals surface area contributed by atoms with E-state index < -0.39 is 11.5 Å². The van der Waals surface area contributed by atoms with Gasteiger partial charge in [0, 0.05) is 0 Å². The summed E-state index contributed by atoms with van der Waals surface area (Å²) in [7, 11) is 0. The second kappa shape index (κ2) is 3.97. The molecule has 1 aromatic rings. The summed E-state index contributed by atoms with van der Waals surface area (Å²) in [4.78, 5) is 10.1. The van der Waals surface area contributed by atoms with Gasteiger partial charge in [-0.05, 0) is 12.1 Å². The molecule has 63 valence electrons. The van der Waals surface area contributed by atoms with Crippen LogP contribution in [-0.4, -0.2) is 11.5 Å². The summed E-state index contributed by atoms with van der Waals surface area (Å²) in [6.07, 6.45) is 0. The lowest BCUT2D eigenvalue weighted by atomic mass is 10.3. The number of hydrogen-bond acceptors (Lipinski definition) is 2. The minimum Gasteiger partial charge on any atom is -0.463 e. The van der Waals surface area contributed by atoms with Crippen molar-refractivity contribution in [2.24, 2.45) is 0 Å². The van der Waals surface area contributed by atoms with E-state index in [2.05, 4.69) is 0 Å². The van der Waals surface area contributed by atoms with Crippen LogP contribution in [0.25, 0.3) is 0 Å². The quantitative estimate of drug-likeness (QED) is 0.672.